The zero-order chi connectivity index (χ0) is 28.8. The summed E-state index contributed by atoms with van der Waals surface area (Å²) in [4.78, 5) is 20.3. The quantitative estimate of drug-likeness (QED) is 0.485. The number of likely N-dealkylation sites (tertiary alicyclic amines) is 1. The number of aromatic nitrogens is 2. The first-order valence-electron chi connectivity index (χ1n) is 11.7. The fraction of sp³-hybridized carbons (Fsp3) is 0.522. The van der Waals surface area contributed by atoms with Gasteiger partial charge in [0.25, 0.3) is 11.8 Å². The Morgan fingerprint density at radius 1 is 1.13 bits per heavy atom. The molecule has 16 heteroatoms. The van der Waals surface area contributed by atoms with Gasteiger partial charge in [-0.3, -0.25) is 9.69 Å². The van der Waals surface area contributed by atoms with E-state index in [0.717, 1.165) is 6.33 Å². The van der Waals surface area contributed by atoms with Crippen LogP contribution in [0.25, 0.3) is 0 Å². The van der Waals surface area contributed by atoms with Crippen molar-refractivity contribution in [2.75, 3.05) is 42.9 Å². The lowest BCUT2D eigenvalue weighted by atomic mass is 9.92. The molecular formula is C23H23F9N6O. The minimum absolute atomic E-state index is 0.0690. The highest BCUT2D eigenvalue weighted by molar-refractivity contribution is 5.75. The number of anilines is 2. The van der Waals surface area contributed by atoms with Crippen molar-refractivity contribution < 1.29 is 44.3 Å². The summed E-state index contributed by atoms with van der Waals surface area (Å²) in [5.74, 6) is -12.7. The fourth-order valence-electron chi connectivity index (χ4n) is 4.86. The number of primary amides is 1. The number of carbonyl (C=O) groups excluding carboxylic acids is 1. The third-order valence-electron chi connectivity index (χ3n) is 6.72. The van der Waals surface area contributed by atoms with Crippen molar-refractivity contribution in [1.82, 2.24) is 14.9 Å². The number of alkyl halides is 7. The summed E-state index contributed by atoms with van der Waals surface area (Å²) in [5.41, 5.74) is 3.21. The molecule has 7 nitrogen and oxygen atoms in total. The highest BCUT2D eigenvalue weighted by atomic mass is 19.4. The lowest BCUT2D eigenvalue weighted by Crippen LogP contribution is -2.52. The number of amides is 1. The molecule has 0 aliphatic carbocycles. The monoisotopic (exact) mass is 570 g/mol. The van der Waals surface area contributed by atoms with Crippen molar-refractivity contribution in [1.29, 1.82) is 0 Å². The number of piperidine rings is 1. The highest BCUT2D eigenvalue weighted by Gasteiger charge is 2.48. The van der Waals surface area contributed by atoms with E-state index in [1.54, 1.807) is 0 Å². The minimum Gasteiger partial charge on any atom is -0.369 e. The van der Waals surface area contributed by atoms with E-state index >= 15 is 4.39 Å². The molecule has 0 spiro atoms. The van der Waals surface area contributed by atoms with Crippen molar-refractivity contribution in [2.24, 2.45) is 11.7 Å². The molecule has 1 aromatic carbocycles. The number of carbonyl (C=O) groups is 1. The topological polar surface area (TPSA) is 87.4 Å². The first-order chi connectivity index (χ1) is 18.1. The van der Waals surface area contributed by atoms with E-state index in [1.807, 2.05) is 0 Å². The molecule has 2 aromatic rings. The standard InChI is InChI=1S/C23H23F9N6O/c24-15-5-12(23(30,31)32)1-2-14(15)16-6-21(26,27)9-38(16)20-18(25)19(35-11-36-20)34-7-13-3-4-37(8-17(33)39)10-22(13,28)29/h1-2,5,11,13,16H,3-4,6-10H2,(H2,33,39)(H,34,35,36)/t13-,16-/m1/s1. The lowest BCUT2D eigenvalue weighted by Gasteiger charge is -2.37. The number of nitrogens with one attached hydrogen (secondary N) is 1. The normalized spacial score (nSPS) is 23.2. The SMILES string of the molecule is NC(=O)CN1CC[C@H](CNc2ncnc(N3CC(F)(F)C[C@@H]3c3ccc(C(F)(F)F)cc3F)c2F)C(F)(F)C1. The molecule has 2 saturated heterocycles. The molecule has 2 aliphatic heterocycles. The number of hydrogen-bond acceptors (Lipinski definition) is 6. The number of hydrogen-bond donors (Lipinski definition) is 2. The smallest absolute Gasteiger partial charge is 0.369 e. The van der Waals surface area contributed by atoms with Crippen molar-refractivity contribution in [2.45, 2.75) is 36.9 Å². The summed E-state index contributed by atoms with van der Waals surface area (Å²) < 4.78 is 127. The highest BCUT2D eigenvalue weighted by Crippen LogP contribution is 2.45. The van der Waals surface area contributed by atoms with Crippen LogP contribution in [-0.2, 0) is 11.0 Å². The van der Waals surface area contributed by atoms with Crippen molar-refractivity contribution >= 4 is 17.5 Å². The Morgan fingerprint density at radius 3 is 2.46 bits per heavy atom. The largest absolute Gasteiger partial charge is 0.416 e. The zero-order valence-electron chi connectivity index (χ0n) is 20.1. The molecule has 2 aliphatic rings. The van der Waals surface area contributed by atoms with Gasteiger partial charge in [-0.05, 0) is 25.1 Å². The molecule has 0 radical (unpaired) electrons. The van der Waals surface area contributed by atoms with Crippen molar-refractivity contribution in [3.63, 3.8) is 0 Å². The van der Waals surface area contributed by atoms with Crippen LogP contribution in [0.2, 0.25) is 0 Å². The summed E-state index contributed by atoms with van der Waals surface area (Å²) in [7, 11) is 0. The van der Waals surface area contributed by atoms with Crippen LogP contribution in [0.4, 0.5) is 51.1 Å². The Morgan fingerprint density at radius 2 is 1.85 bits per heavy atom. The van der Waals surface area contributed by atoms with Crippen LogP contribution < -0.4 is 16.0 Å². The van der Waals surface area contributed by atoms with Gasteiger partial charge in [0.05, 0.1) is 31.2 Å². The van der Waals surface area contributed by atoms with Crippen LogP contribution in [-0.4, -0.2) is 65.3 Å². The third-order valence-corrected chi connectivity index (χ3v) is 6.72. The molecule has 0 bridgehead atoms. The predicted octanol–water partition coefficient (Wildman–Crippen LogP) is 4.21. The molecular weight excluding hydrogens is 547 g/mol. The maximum Gasteiger partial charge on any atom is 0.416 e. The Balaban J connectivity index is 1.55. The summed E-state index contributed by atoms with van der Waals surface area (Å²) in [6.07, 6.45) is -5.17. The van der Waals surface area contributed by atoms with Gasteiger partial charge in [0.2, 0.25) is 11.7 Å². The van der Waals surface area contributed by atoms with Gasteiger partial charge < -0.3 is 16.0 Å². The van der Waals surface area contributed by atoms with E-state index in [2.05, 4.69) is 15.3 Å². The summed E-state index contributed by atoms with van der Waals surface area (Å²) >= 11 is 0. The molecule has 2 atom stereocenters. The van der Waals surface area contributed by atoms with Crippen LogP contribution in [0.1, 0.15) is 30.0 Å². The number of nitrogens with zero attached hydrogens (tertiary/aromatic N) is 4. The number of rotatable bonds is 7. The molecule has 0 saturated carbocycles. The molecule has 0 unspecified atom stereocenters. The predicted molar refractivity (Wildman–Crippen MR) is 120 cm³/mol. The molecule has 3 N–H and O–H groups in total. The summed E-state index contributed by atoms with van der Waals surface area (Å²) in [6.45, 7) is -2.55. The molecule has 1 aromatic heterocycles. The molecule has 214 valence electrons. The van der Waals surface area contributed by atoms with E-state index in [-0.39, 0.29) is 25.6 Å². The van der Waals surface area contributed by atoms with Gasteiger partial charge in [0.15, 0.2) is 11.6 Å². The van der Waals surface area contributed by atoms with Gasteiger partial charge in [-0.2, -0.15) is 17.6 Å². The fourth-order valence-corrected chi connectivity index (χ4v) is 4.86. The molecule has 1 amide bonds. The maximum atomic E-state index is 15.4. The van der Waals surface area contributed by atoms with Crippen LogP contribution in [0, 0.1) is 17.6 Å². The van der Waals surface area contributed by atoms with Crippen LogP contribution in [0.15, 0.2) is 24.5 Å². The first-order valence-corrected chi connectivity index (χ1v) is 11.7. The molecule has 39 heavy (non-hydrogen) atoms. The Labute approximate surface area is 216 Å². The second kappa shape index (κ2) is 10.4. The Hall–Kier alpha value is -3.30. The van der Waals surface area contributed by atoms with E-state index in [9.17, 15) is 39.9 Å². The summed E-state index contributed by atoms with van der Waals surface area (Å²) in [6, 6.07) is -0.159. The van der Waals surface area contributed by atoms with Crippen LogP contribution in [0.5, 0.6) is 0 Å². The van der Waals surface area contributed by atoms with Gasteiger partial charge >= 0.3 is 6.18 Å². The number of halogens is 9. The minimum atomic E-state index is -4.87. The van der Waals surface area contributed by atoms with Gasteiger partial charge in [0.1, 0.15) is 12.1 Å². The van der Waals surface area contributed by atoms with Gasteiger partial charge in [0, 0.05) is 24.4 Å². The molecule has 4 rings (SSSR count). The van der Waals surface area contributed by atoms with Gasteiger partial charge in [-0.25, -0.2) is 31.9 Å². The van der Waals surface area contributed by atoms with Crippen molar-refractivity contribution in [3.8, 4) is 0 Å². The summed E-state index contributed by atoms with van der Waals surface area (Å²) in [5, 5.41) is 2.44. The second-order valence-electron chi connectivity index (χ2n) is 9.60. The van der Waals surface area contributed by atoms with Crippen LogP contribution in [0.3, 0.4) is 0 Å². The van der Waals surface area contributed by atoms with Crippen LogP contribution >= 0.6 is 0 Å². The second-order valence-corrected chi connectivity index (χ2v) is 9.60. The average Bonchev–Trinajstić information content (AvgIpc) is 3.12. The van der Waals surface area contributed by atoms with E-state index < -0.39 is 96.3 Å². The lowest BCUT2D eigenvalue weighted by molar-refractivity contribution is -0.137. The average molecular weight is 570 g/mol. The van der Waals surface area contributed by atoms with E-state index in [1.165, 1.54) is 4.90 Å². The van der Waals surface area contributed by atoms with Gasteiger partial charge in [-0.15, -0.1) is 0 Å². The van der Waals surface area contributed by atoms with Gasteiger partial charge in [-0.1, -0.05) is 6.07 Å². The maximum absolute atomic E-state index is 15.4. The molecule has 2 fully saturated rings. The number of nitrogens with two attached hydrogens (primary N) is 1. The number of benzene rings is 1. The van der Waals surface area contributed by atoms with E-state index in [4.69, 9.17) is 5.73 Å². The molecule has 3 heterocycles. The third kappa shape index (κ3) is 6.31. The zero-order valence-corrected chi connectivity index (χ0v) is 20.1. The first kappa shape index (κ1) is 28.7. The Bertz CT molecular complexity index is 1230. The van der Waals surface area contributed by atoms with Crippen molar-refractivity contribution in [3.05, 3.63) is 47.3 Å². The van der Waals surface area contributed by atoms with E-state index in [0.29, 0.717) is 17.0 Å². The Kier molecular flexibility index (Phi) is 7.62.